The maximum absolute atomic E-state index is 13.5. The van der Waals surface area contributed by atoms with Crippen LogP contribution < -0.4 is 10.2 Å². The van der Waals surface area contributed by atoms with Crippen LogP contribution in [0.25, 0.3) is 22.2 Å². The van der Waals surface area contributed by atoms with E-state index in [9.17, 15) is 4.79 Å². The molecule has 0 atom stereocenters. The maximum atomic E-state index is 13.5. The zero-order valence-corrected chi connectivity index (χ0v) is 17.7. The smallest absolute Gasteiger partial charge is 0.256 e. The first-order chi connectivity index (χ1) is 15.1. The molecule has 0 unspecified atom stereocenters. The Morgan fingerprint density at radius 3 is 2.68 bits per heavy atom. The van der Waals surface area contributed by atoms with Gasteiger partial charge in [0.15, 0.2) is 5.82 Å². The second kappa shape index (κ2) is 7.83. The van der Waals surface area contributed by atoms with Crippen molar-refractivity contribution in [2.24, 2.45) is 7.05 Å². The highest BCUT2D eigenvalue weighted by Gasteiger charge is 2.24. The number of nitrogens with zero attached hydrogens (tertiary/aromatic N) is 5. The largest absolute Gasteiger partial charge is 0.353 e. The van der Waals surface area contributed by atoms with Crippen LogP contribution in [0.15, 0.2) is 54.9 Å². The van der Waals surface area contributed by atoms with E-state index in [-0.39, 0.29) is 5.91 Å². The van der Waals surface area contributed by atoms with E-state index >= 15 is 0 Å². The van der Waals surface area contributed by atoms with E-state index in [1.807, 2.05) is 61.1 Å². The summed E-state index contributed by atoms with van der Waals surface area (Å²) >= 11 is 0. The molecule has 0 radical (unpaired) electrons. The average Bonchev–Trinajstić information content (AvgIpc) is 3.43. The SMILES string of the molecule is Cc1c(NC(=O)c2cc(-c3cccnc3)nc3ccccc23)c(N2CCCC2)nn1C. The fourth-order valence-electron chi connectivity index (χ4n) is 4.09. The van der Waals surface area contributed by atoms with E-state index in [0.29, 0.717) is 5.56 Å². The van der Waals surface area contributed by atoms with Crippen LogP contribution in [-0.4, -0.2) is 38.7 Å². The highest BCUT2D eigenvalue weighted by atomic mass is 16.1. The van der Waals surface area contributed by atoms with Crippen LogP contribution in [0, 0.1) is 6.92 Å². The molecule has 0 bridgehead atoms. The molecule has 1 saturated heterocycles. The number of hydrogen-bond acceptors (Lipinski definition) is 5. The zero-order chi connectivity index (χ0) is 21.4. The normalized spacial score (nSPS) is 13.7. The number of amides is 1. The standard InChI is InChI=1S/C24H24N6O/c1-16-22(23(28-29(16)2)30-12-5-6-13-30)27-24(31)19-14-21(17-8-7-11-25-15-17)26-20-10-4-3-9-18(19)20/h3-4,7-11,14-15H,5-6,12-13H2,1-2H3,(H,27,31). The molecule has 1 aliphatic heterocycles. The third kappa shape index (κ3) is 3.52. The molecule has 4 heterocycles. The van der Waals surface area contributed by atoms with Gasteiger partial charge < -0.3 is 10.2 Å². The van der Waals surface area contributed by atoms with E-state index in [1.165, 1.54) is 0 Å². The topological polar surface area (TPSA) is 75.9 Å². The minimum atomic E-state index is -0.166. The number of benzene rings is 1. The van der Waals surface area contributed by atoms with Gasteiger partial charge in [0.1, 0.15) is 5.69 Å². The van der Waals surface area contributed by atoms with Crippen LogP contribution in [0.1, 0.15) is 28.9 Å². The number of pyridine rings is 2. The Labute approximate surface area is 180 Å². The maximum Gasteiger partial charge on any atom is 0.256 e. The van der Waals surface area contributed by atoms with Gasteiger partial charge in [0.05, 0.1) is 22.5 Å². The highest BCUT2D eigenvalue weighted by Crippen LogP contribution is 2.32. The molecular weight excluding hydrogens is 388 g/mol. The van der Waals surface area contributed by atoms with Crippen LogP contribution in [-0.2, 0) is 7.05 Å². The van der Waals surface area contributed by atoms with Crippen LogP contribution >= 0.6 is 0 Å². The van der Waals surface area contributed by atoms with Crippen molar-refractivity contribution < 1.29 is 4.79 Å². The summed E-state index contributed by atoms with van der Waals surface area (Å²) in [4.78, 5) is 24.7. The summed E-state index contributed by atoms with van der Waals surface area (Å²) in [5, 5.41) is 8.65. The molecule has 1 N–H and O–H groups in total. The minimum absolute atomic E-state index is 0.166. The molecule has 1 amide bonds. The molecule has 156 valence electrons. The molecular formula is C24H24N6O. The number of para-hydroxylation sites is 1. The molecule has 0 spiro atoms. The molecule has 1 aliphatic rings. The summed E-state index contributed by atoms with van der Waals surface area (Å²) in [6.45, 7) is 3.90. The first-order valence-electron chi connectivity index (χ1n) is 10.5. The molecule has 5 rings (SSSR count). The fourth-order valence-corrected chi connectivity index (χ4v) is 4.09. The number of fused-ring (bicyclic) bond motifs is 1. The van der Waals surface area contributed by atoms with Gasteiger partial charge in [-0.3, -0.25) is 14.5 Å². The van der Waals surface area contributed by atoms with Crippen molar-refractivity contribution >= 4 is 28.3 Å². The van der Waals surface area contributed by atoms with Gasteiger partial charge in [0.2, 0.25) is 0 Å². The lowest BCUT2D eigenvalue weighted by Gasteiger charge is -2.17. The molecule has 3 aromatic heterocycles. The van der Waals surface area contributed by atoms with Gasteiger partial charge in [-0.05, 0) is 44.0 Å². The molecule has 1 fully saturated rings. The Hall–Kier alpha value is -3.74. The number of nitrogens with one attached hydrogen (secondary N) is 1. The summed E-state index contributed by atoms with van der Waals surface area (Å²) in [6, 6.07) is 13.4. The number of aromatic nitrogens is 4. The Balaban J connectivity index is 1.58. The number of hydrogen-bond donors (Lipinski definition) is 1. The van der Waals surface area contributed by atoms with Crippen molar-refractivity contribution in [2.45, 2.75) is 19.8 Å². The van der Waals surface area contributed by atoms with Gasteiger partial charge in [0.25, 0.3) is 5.91 Å². The van der Waals surface area contributed by atoms with Gasteiger partial charge in [-0.2, -0.15) is 5.10 Å². The predicted octanol–water partition coefficient (Wildman–Crippen LogP) is 4.19. The molecule has 4 aromatic rings. The third-order valence-corrected chi connectivity index (χ3v) is 5.88. The van der Waals surface area contributed by atoms with E-state index in [2.05, 4.69) is 20.3 Å². The Kier molecular flexibility index (Phi) is 4.86. The highest BCUT2D eigenvalue weighted by molar-refractivity contribution is 6.14. The summed E-state index contributed by atoms with van der Waals surface area (Å²) in [6.07, 6.45) is 5.78. The van der Waals surface area contributed by atoms with E-state index in [1.54, 1.807) is 12.4 Å². The monoisotopic (exact) mass is 412 g/mol. The van der Waals surface area contributed by atoms with Crippen LogP contribution in [0.5, 0.6) is 0 Å². The van der Waals surface area contributed by atoms with Crippen molar-refractivity contribution in [1.82, 2.24) is 19.7 Å². The Morgan fingerprint density at radius 2 is 1.90 bits per heavy atom. The lowest BCUT2D eigenvalue weighted by atomic mass is 10.0. The number of aryl methyl sites for hydroxylation is 1. The summed E-state index contributed by atoms with van der Waals surface area (Å²) in [5.41, 5.74) is 4.66. The lowest BCUT2D eigenvalue weighted by Crippen LogP contribution is -2.21. The van der Waals surface area contributed by atoms with Gasteiger partial charge >= 0.3 is 0 Å². The first-order valence-corrected chi connectivity index (χ1v) is 10.5. The number of carbonyl (C=O) groups is 1. The zero-order valence-electron chi connectivity index (χ0n) is 17.7. The minimum Gasteiger partial charge on any atom is -0.353 e. The van der Waals surface area contributed by atoms with Crippen LogP contribution in [0.3, 0.4) is 0 Å². The molecule has 1 aromatic carbocycles. The molecule has 0 saturated carbocycles. The number of anilines is 2. The van der Waals surface area contributed by atoms with Crippen molar-refractivity contribution in [2.75, 3.05) is 23.3 Å². The van der Waals surface area contributed by atoms with Crippen molar-refractivity contribution in [3.8, 4) is 11.3 Å². The first kappa shape index (κ1) is 19.2. The molecule has 0 aliphatic carbocycles. The Morgan fingerprint density at radius 1 is 1.10 bits per heavy atom. The van der Waals surface area contributed by atoms with Gasteiger partial charge in [-0.15, -0.1) is 0 Å². The van der Waals surface area contributed by atoms with Crippen LogP contribution in [0.2, 0.25) is 0 Å². The molecule has 31 heavy (non-hydrogen) atoms. The number of rotatable bonds is 4. The predicted molar refractivity (Wildman–Crippen MR) is 122 cm³/mol. The lowest BCUT2D eigenvalue weighted by molar-refractivity contribution is 0.102. The molecule has 7 heteroatoms. The van der Waals surface area contributed by atoms with Crippen molar-refractivity contribution in [3.63, 3.8) is 0 Å². The second-order valence-corrected chi connectivity index (χ2v) is 7.87. The number of carbonyl (C=O) groups excluding carboxylic acids is 1. The summed E-state index contributed by atoms with van der Waals surface area (Å²) in [7, 11) is 1.91. The van der Waals surface area contributed by atoms with E-state index in [4.69, 9.17) is 4.98 Å². The average molecular weight is 412 g/mol. The molecule has 7 nitrogen and oxygen atoms in total. The van der Waals surface area contributed by atoms with Crippen molar-refractivity contribution in [1.29, 1.82) is 0 Å². The van der Waals surface area contributed by atoms with Gasteiger partial charge in [0, 0.05) is 43.5 Å². The second-order valence-electron chi connectivity index (χ2n) is 7.87. The third-order valence-electron chi connectivity index (χ3n) is 5.88. The Bertz CT molecular complexity index is 1260. The fraction of sp³-hybridized carbons (Fsp3) is 0.250. The van der Waals surface area contributed by atoms with Gasteiger partial charge in [-0.1, -0.05) is 18.2 Å². The van der Waals surface area contributed by atoms with Crippen molar-refractivity contribution in [3.05, 3.63) is 66.1 Å². The van der Waals surface area contributed by atoms with E-state index in [0.717, 1.165) is 65.3 Å². The van der Waals surface area contributed by atoms with E-state index < -0.39 is 0 Å². The summed E-state index contributed by atoms with van der Waals surface area (Å²) in [5.74, 6) is 0.678. The van der Waals surface area contributed by atoms with Gasteiger partial charge in [-0.25, -0.2) is 4.98 Å². The summed E-state index contributed by atoms with van der Waals surface area (Å²) < 4.78 is 1.83. The quantitative estimate of drug-likeness (QED) is 0.544. The van der Waals surface area contributed by atoms with Crippen LogP contribution in [0.4, 0.5) is 11.5 Å².